The number of hydrogen-bond donors (Lipinski definition) is 0. The smallest absolute Gasteiger partial charge is 0.310 e. The Balaban J connectivity index is 2.34. The van der Waals surface area contributed by atoms with Crippen molar-refractivity contribution in [3.8, 4) is 0 Å². The molecular formula is C12H11FO3. The highest BCUT2D eigenvalue weighted by molar-refractivity contribution is 5.85. The number of carbonyl (C=O) groups excluding carboxylic acids is 1. The molecule has 0 fully saturated rings. The van der Waals surface area contributed by atoms with Crippen LogP contribution in [0.3, 0.4) is 0 Å². The van der Waals surface area contributed by atoms with Gasteiger partial charge in [-0.25, -0.2) is 4.39 Å². The Hall–Kier alpha value is -1.84. The fraction of sp³-hybridized carbons (Fsp3) is 0.250. The van der Waals surface area contributed by atoms with Crippen LogP contribution in [-0.2, 0) is 16.0 Å². The van der Waals surface area contributed by atoms with E-state index < -0.39 is 0 Å². The van der Waals surface area contributed by atoms with Gasteiger partial charge in [0.25, 0.3) is 0 Å². The lowest BCUT2D eigenvalue weighted by Gasteiger charge is -2.03. The van der Waals surface area contributed by atoms with E-state index in [1.54, 1.807) is 13.0 Å². The number of esters is 1. The first-order valence-corrected chi connectivity index (χ1v) is 5.02. The molecule has 0 saturated carbocycles. The second-order valence-corrected chi connectivity index (χ2v) is 3.35. The molecule has 0 aliphatic rings. The summed E-state index contributed by atoms with van der Waals surface area (Å²) in [7, 11) is 0. The Morgan fingerprint density at radius 3 is 3.00 bits per heavy atom. The van der Waals surface area contributed by atoms with Gasteiger partial charge in [0, 0.05) is 5.56 Å². The van der Waals surface area contributed by atoms with Crippen molar-refractivity contribution in [2.24, 2.45) is 0 Å². The van der Waals surface area contributed by atoms with Gasteiger partial charge >= 0.3 is 5.97 Å². The van der Waals surface area contributed by atoms with Crippen LogP contribution in [0.4, 0.5) is 4.39 Å². The first-order valence-electron chi connectivity index (χ1n) is 5.02. The molecule has 2 rings (SSSR count). The molecule has 84 valence electrons. The minimum atomic E-state index is -0.351. The molecule has 1 aromatic heterocycles. The van der Waals surface area contributed by atoms with Crippen LogP contribution in [0.25, 0.3) is 11.0 Å². The Labute approximate surface area is 91.8 Å². The van der Waals surface area contributed by atoms with Crippen molar-refractivity contribution < 1.29 is 18.3 Å². The van der Waals surface area contributed by atoms with Crippen molar-refractivity contribution >= 4 is 16.9 Å². The summed E-state index contributed by atoms with van der Waals surface area (Å²) in [4.78, 5) is 11.3. The maximum Gasteiger partial charge on any atom is 0.310 e. The second-order valence-electron chi connectivity index (χ2n) is 3.35. The first-order chi connectivity index (χ1) is 7.72. The van der Waals surface area contributed by atoms with Crippen molar-refractivity contribution in [1.29, 1.82) is 0 Å². The highest BCUT2D eigenvalue weighted by atomic mass is 19.1. The minimum Gasteiger partial charge on any atom is -0.466 e. The first kappa shape index (κ1) is 10.7. The van der Waals surface area contributed by atoms with Crippen molar-refractivity contribution in [2.45, 2.75) is 13.3 Å². The number of furan rings is 1. The third-order valence-electron chi connectivity index (χ3n) is 2.29. The summed E-state index contributed by atoms with van der Waals surface area (Å²) in [5.41, 5.74) is 1.05. The van der Waals surface area contributed by atoms with Crippen molar-refractivity contribution in [1.82, 2.24) is 0 Å². The molecule has 0 atom stereocenters. The zero-order valence-electron chi connectivity index (χ0n) is 8.83. The summed E-state index contributed by atoms with van der Waals surface area (Å²) in [5, 5.41) is 0.391. The summed E-state index contributed by atoms with van der Waals surface area (Å²) >= 11 is 0. The van der Waals surface area contributed by atoms with Gasteiger partial charge in [0.15, 0.2) is 0 Å². The quantitative estimate of drug-likeness (QED) is 0.749. The number of halogens is 1. The molecule has 2 aromatic rings. The lowest BCUT2D eigenvalue weighted by molar-refractivity contribution is -0.142. The topological polar surface area (TPSA) is 39.4 Å². The van der Waals surface area contributed by atoms with Gasteiger partial charge in [-0.1, -0.05) is 6.07 Å². The summed E-state index contributed by atoms with van der Waals surface area (Å²) in [6.07, 6.45) is 1.50. The van der Waals surface area contributed by atoms with Gasteiger partial charge in [-0.2, -0.15) is 0 Å². The van der Waals surface area contributed by atoms with Crippen molar-refractivity contribution in [2.75, 3.05) is 6.61 Å². The highest BCUT2D eigenvalue weighted by Gasteiger charge is 2.12. The Kier molecular flexibility index (Phi) is 2.90. The van der Waals surface area contributed by atoms with Gasteiger partial charge in [-0.05, 0) is 19.1 Å². The molecule has 0 radical (unpaired) electrons. The fourth-order valence-electron chi connectivity index (χ4n) is 1.59. The predicted octanol–water partition coefficient (Wildman–Crippen LogP) is 2.68. The fourth-order valence-corrected chi connectivity index (χ4v) is 1.59. The van der Waals surface area contributed by atoms with Gasteiger partial charge in [0.1, 0.15) is 11.4 Å². The number of benzene rings is 1. The van der Waals surface area contributed by atoms with Gasteiger partial charge in [-0.3, -0.25) is 4.79 Å². The summed E-state index contributed by atoms with van der Waals surface area (Å²) in [5.74, 6) is -0.692. The molecule has 0 spiro atoms. The van der Waals surface area contributed by atoms with Crippen LogP contribution in [0.2, 0.25) is 0 Å². The van der Waals surface area contributed by atoms with E-state index in [1.165, 1.54) is 18.4 Å². The van der Waals surface area contributed by atoms with E-state index in [4.69, 9.17) is 9.15 Å². The van der Waals surface area contributed by atoms with E-state index in [0.29, 0.717) is 23.1 Å². The molecule has 0 bridgehead atoms. The van der Waals surface area contributed by atoms with Crippen LogP contribution in [-0.4, -0.2) is 12.6 Å². The Bertz CT molecular complexity index is 516. The van der Waals surface area contributed by atoms with E-state index in [2.05, 4.69) is 0 Å². The van der Waals surface area contributed by atoms with E-state index in [1.807, 2.05) is 0 Å². The van der Waals surface area contributed by atoms with Gasteiger partial charge < -0.3 is 9.15 Å². The lowest BCUT2D eigenvalue weighted by Crippen LogP contribution is -2.07. The average molecular weight is 222 g/mol. The van der Waals surface area contributed by atoms with E-state index in [0.717, 1.165) is 0 Å². The normalized spacial score (nSPS) is 10.6. The maximum absolute atomic E-state index is 13.3. The number of rotatable bonds is 3. The monoisotopic (exact) mass is 222 g/mol. The zero-order chi connectivity index (χ0) is 11.5. The van der Waals surface area contributed by atoms with Gasteiger partial charge in [0.05, 0.1) is 24.7 Å². The molecule has 4 heteroatoms. The van der Waals surface area contributed by atoms with Crippen LogP contribution >= 0.6 is 0 Å². The molecule has 1 aromatic carbocycles. The number of hydrogen-bond acceptors (Lipinski definition) is 3. The van der Waals surface area contributed by atoms with E-state index in [-0.39, 0.29) is 18.2 Å². The van der Waals surface area contributed by atoms with E-state index in [9.17, 15) is 9.18 Å². The lowest BCUT2D eigenvalue weighted by atomic mass is 10.1. The number of ether oxygens (including phenoxy) is 1. The molecule has 0 amide bonds. The molecule has 0 N–H and O–H groups in total. The third kappa shape index (κ3) is 1.91. The molecule has 0 aliphatic heterocycles. The summed E-state index contributed by atoms with van der Waals surface area (Å²) in [6, 6.07) is 4.41. The van der Waals surface area contributed by atoms with Crippen LogP contribution in [0.5, 0.6) is 0 Å². The maximum atomic E-state index is 13.3. The third-order valence-corrected chi connectivity index (χ3v) is 2.29. The standard InChI is InChI=1S/C12H11FO3/c1-2-15-11(14)7-8-3-4-10(13)9-5-6-16-12(8)9/h3-6H,2,7H2,1H3. The van der Waals surface area contributed by atoms with Crippen LogP contribution in [0, 0.1) is 5.82 Å². The SMILES string of the molecule is CCOC(=O)Cc1ccc(F)c2ccoc12. The van der Waals surface area contributed by atoms with Crippen LogP contribution in [0.1, 0.15) is 12.5 Å². The largest absolute Gasteiger partial charge is 0.466 e. The Morgan fingerprint density at radius 2 is 2.25 bits per heavy atom. The molecule has 16 heavy (non-hydrogen) atoms. The zero-order valence-corrected chi connectivity index (χ0v) is 8.83. The van der Waals surface area contributed by atoms with Crippen LogP contribution in [0.15, 0.2) is 28.9 Å². The second kappa shape index (κ2) is 4.35. The van der Waals surface area contributed by atoms with Crippen molar-refractivity contribution in [3.05, 3.63) is 35.8 Å². The number of fused-ring (bicyclic) bond motifs is 1. The Morgan fingerprint density at radius 1 is 1.44 bits per heavy atom. The summed E-state index contributed by atoms with van der Waals surface area (Å²) in [6.45, 7) is 2.08. The van der Waals surface area contributed by atoms with Gasteiger partial charge in [-0.15, -0.1) is 0 Å². The van der Waals surface area contributed by atoms with Gasteiger partial charge in [0.2, 0.25) is 0 Å². The van der Waals surface area contributed by atoms with E-state index >= 15 is 0 Å². The average Bonchev–Trinajstić information content (AvgIpc) is 2.72. The number of carbonyl (C=O) groups is 1. The molecular weight excluding hydrogens is 211 g/mol. The molecule has 3 nitrogen and oxygen atoms in total. The molecule has 0 aliphatic carbocycles. The predicted molar refractivity (Wildman–Crippen MR) is 56.5 cm³/mol. The van der Waals surface area contributed by atoms with Crippen LogP contribution < -0.4 is 0 Å². The molecule has 0 saturated heterocycles. The molecule has 1 heterocycles. The highest BCUT2D eigenvalue weighted by Crippen LogP contribution is 2.23. The summed E-state index contributed by atoms with van der Waals surface area (Å²) < 4.78 is 23.3. The minimum absolute atomic E-state index is 0.0954. The molecule has 0 unspecified atom stereocenters. The van der Waals surface area contributed by atoms with Crippen molar-refractivity contribution in [3.63, 3.8) is 0 Å².